The first-order valence-electron chi connectivity index (χ1n) is 10.8. The monoisotopic (exact) mass is 470 g/mol. The second-order valence-electron chi connectivity index (χ2n) is 8.02. The Hall–Kier alpha value is -2.35. The summed E-state index contributed by atoms with van der Waals surface area (Å²) in [7, 11) is 0. The maximum atomic E-state index is 12.5. The summed E-state index contributed by atoms with van der Waals surface area (Å²) in [6.45, 7) is 5.02. The Morgan fingerprint density at radius 2 is 1.88 bits per heavy atom. The van der Waals surface area contributed by atoms with Crippen molar-refractivity contribution in [3.05, 3.63) is 65.0 Å². The van der Waals surface area contributed by atoms with Gasteiger partial charge in [-0.3, -0.25) is 9.69 Å². The maximum Gasteiger partial charge on any atom is 0.241 e. The van der Waals surface area contributed by atoms with Crippen LogP contribution in [0.4, 0.5) is 0 Å². The van der Waals surface area contributed by atoms with E-state index >= 15 is 0 Å². The molecule has 6 nitrogen and oxygen atoms in total. The van der Waals surface area contributed by atoms with Gasteiger partial charge in [0.25, 0.3) is 0 Å². The third-order valence-corrected chi connectivity index (χ3v) is 6.84. The zero-order valence-electron chi connectivity index (χ0n) is 18.1. The molecule has 0 radical (unpaired) electrons. The van der Waals surface area contributed by atoms with E-state index in [4.69, 9.17) is 16.1 Å². The van der Waals surface area contributed by atoms with E-state index in [9.17, 15) is 4.79 Å². The van der Waals surface area contributed by atoms with Crippen molar-refractivity contribution in [1.82, 2.24) is 20.4 Å². The van der Waals surface area contributed by atoms with E-state index in [1.807, 2.05) is 48.5 Å². The third-order valence-electron chi connectivity index (χ3n) is 5.58. The zero-order valence-corrected chi connectivity index (χ0v) is 19.7. The molecule has 2 aromatic carbocycles. The molecule has 1 aliphatic rings. The van der Waals surface area contributed by atoms with Gasteiger partial charge in [-0.1, -0.05) is 46.6 Å². The van der Waals surface area contributed by atoms with Gasteiger partial charge in [-0.15, -0.1) is 11.8 Å². The predicted octanol–water partition coefficient (Wildman–Crippen LogP) is 4.82. The van der Waals surface area contributed by atoms with E-state index in [0.29, 0.717) is 24.8 Å². The number of benzene rings is 2. The summed E-state index contributed by atoms with van der Waals surface area (Å²) in [6.07, 6.45) is 1.68. The van der Waals surface area contributed by atoms with Crippen molar-refractivity contribution in [3.63, 3.8) is 0 Å². The van der Waals surface area contributed by atoms with Crippen LogP contribution < -0.4 is 5.32 Å². The average Bonchev–Trinajstić information content (AvgIpc) is 3.27. The summed E-state index contributed by atoms with van der Waals surface area (Å²) in [5.74, 6) is 2.29. The van der Waals surface area contributed by atoms with Gasteiger partial charge in [0, 0.05) is 33.7 Å². The van der Waals surface area contributed by atoms with Crippen LogP contribution in [0.5, 0.6) is 0 Å². The highest BCUT2D eigenvalue weighted by atomic mass is 35.5. The van der Waals surface area contributed by atoms with Crippen LogP contribution in [0.15, 0.2) is 57.9 Å². The standard InChI is InChI=1S/C24H27ClN4O2S/c1-17-2-4-18(5-3-17)23-27-22(31-28-23)16-29-13-10-19(11-14-29)24(30)26-12-15-32-21-8-6-20(25)7-9-21/h2-9,19H,10-16H2,1H3,(H,26,30). The highest BCUT2D eigenvalue weighted by molar-refractivity contribution is 7.99. The molecule has 1 saturated heterocycles. The molecule has 0 saturated carbocycles. The highest BCUT2D eigenvalue weighted by Gasteiger charge is 2.25. The summed E-state index contributed by atoms with van der Waals surface area (Å²) in [4.78, 5) is 20.5. The molecule has 2 heterocycles. The van der Waals surface area contributed by atoms with Crippen molar-refractivity contribution >= 4 is 29.3 Å². The van der Waals surface area contributed by atoms with E-state index in [1.165, 1.54) is 5.56 Å². The van der Waals surface area contributed by atoms with E-state index in [2.05, 4.69) is 27.3 Å². The SMILES string of the molecule is Cc1ccc(-c2noc(CN3CCC(C(=O)NCCSc4ccc(Cl)cc4)CC3)n2)cc1. The van der Waals surface area contributed by atoms with Crippen molar-refractivity contribution < 1.29 is 9.32 Å². The van der Waals surface area contributed by atoms with Crippen LogP contribution in [0.2, 0.25) is 5.02 Å². The topological polar surface area (TPSA) is 71.3 Å². The van der Waals surface area contributed by atoms with Gasteiger partial charge in [0.15, 0.2) is 0 Å². The number of likely N-dealkylation sites (tertiary alicyclic amines) is 1. The van der Waals surface area contributed by atoms with Crippen LogP contribution in [0.3, 0.4) is 0 Å². The Morgan fingerprint density at radius 3 is 2.59 bits per heavy atom. The molecular weight excluding hydrogens is 444 g/mol. The van der Waals surface area contributed by atoms with Gasteiger partial charge >= 0.3 is 0 Å². The fraction of sp³-hybridized carbons (Fsp3) is 0.375. The molecular formula is C24H27ClN4O2S. The Balaban J connectivity index is 1.17. The summed E-state index contributed by atoms with van der Waals surface area (Å²) < 4.78 is 5.44. The van der Waals surface area contributed by atoms with Crippen LogP contribution in [-0.2, 0) is 11.3 Å². The highest BCUT2D eigenvalue weighted by Crippen LogP contribution is 2.22. The van der Waals surface area contributed by atoms with Crippen molar-refractivity contribution in [1.29, 1.82) is 0 Å². The number of thioether (sulfide) groups is 1. The van der Waals surface area contributed by atoms with Crippen molar-refractivity contribution in [3.8, 4) is 11.4 Å². The minimum Gasteiger partial charge on any atom is -0.355 e. The van der Waals surface area contributed by atoms with Crippen LogP contribution in [-0.4, -0.2) is 46.3 Å². The van der Waals surface area contributed by atoms with Gasteiger partial charge in [0.1, 0.15) is 0 Å². The molecule has 0 aliphatic carbocycles. The summed E-state index contributed by atoms with van der Waals surface area (Å²) in [6, 6.07) is 15.8. The molecule has 3 aromatic rings. The Kier molecular flexibility index (Phi) is 7.84. The Bertz CT molecular complexity index is 1020. The molecule has 0 spiro atoms. The van der Waals surface area contributed by atoms with E-state index < -0.39 is 0 Å². The number of aromatic nitrogens is 2. The smallest absolute Gasteiger partial charge is 0.241 e. The first kappa shape index (κ1) is 22.8. The fourth-order valence-electron chi connectivity index (χ4n) is 3.70. The molecule has 1 aromatic heterocycles. The lowest BCUT2D eigenvalue weighted by Crippen LogP contribution is -2.40. The van der Waals surface area contributed by atoms with Crippen LogP contribution in [0.25, 0.3) is 11.4 Å². The number of hydrogen-bond donors (Lipinski definition) is 1. The molecule has 8 heteroatoms. The lowest BCUT2D eigenvalue weighted by Gasteiger charge is -2.30. The van der Waals surface area contributed by atoms with E-state index in [0.717, 1.165) is 47.2 Å². The number of nitrogens with one attached hydrogen (secondary N) is 1. The number of nitrogens with zero attached hydrogens (tertiary/aromatic N) is 3. The second kappa shape index (κ2) is 11.0. The van der Waals surface area contributed by atoms with Crippen LogP contribution >= 0.6 is 23.4 Å². The molecule has 4 rings (SSSR count). The van der Waals surface area contributed by atoms with Gasteiger partial charge < -0.3 is 9.84 Å². The van der Waals surface area contributed by atoms with Crippen LogP contribution in [0.1, 0.15) is 24.3 Å². The minimum atomic E-state index is 0.0672. The number of hydrogen-bond acceptors (Lipinski definition) is 6. The number of carbonyl (C=O) groups is 1. The lowest BCUT2D eigenvalue weighted by atomic mass is 9.96. The maximum absolute atomic E-state index is 12.5. The molecule has 0 unspecified atom stereocenters. The average molecular weight is 471 g/mol. The number of rotatable bonds is 8. The largest absolute Gasteiger partial charge is 0.355 e. The van der Waals surface area contributed by atoms with Gasteiger partial charge in [-0.25, -0.2) is 0 Å². The molecule has 168 valence electrons. The molecule has 1 amide bonds. The molecule has 1 aliphatic heterocycles. The lowest BCUT2D eigenvalue weighted by molar-refractivity contribution is -0.126. The first-order valence-corrected chi connectivity index (χ1v) is 12.2. The van der Waals surface area contributed by atoms with Gasteiger partial charge in [-0.05, 0) is 57.1 Å². The second-order valence-corrected chi connectivity index (χ2v) is 9.63. The van der Waals surface area contributed by atoms with Gasteiger partial charge in [0.05, 0.1) is 6.54 Å². The van der Waals surface area contributed by atoms with E-state index in [-0.39, 0.29) is 11.8 Å². The van der Waals surface area contributed by atoms with Crippen molar-refractivity contribution in [2.24, 2.45) is 5.92 Å². The fourth-order valence-corrected chi connectivity index (χ4v) is 4.60. The number of aryl methyl sites for hydroxylation is 1. The molecule has 0 bridgehead atoms. The van der Waals surface area contributed by atoms with Gasteiger partial charge in [0.2, 0.25) is 17.6 Å². The molecule has 32 heavy (non-hydrogen) atoms. The minimum absolute atomic E-state index is 0.0672. The summed E-state index contributed by atoms with van der Waals surface area (Å²) in [5, 5.41) is 7.92. The molecule has 1 N–H and O–H groups in total. The molecule has 0 atom stereocenters. The predicted molar refractivity (Wildman–Crippen MR) is 128 cm³/mol. The normalized spacial score (nSPS) is 15.1. The number of carbonyl (C=O) groups excluding carboxylic acids is 1. The van der Waals surface area contributed by atoms with E-state index in [1.54, 1.807) is 11.8 Å². The van der Waals surface area contributed by atoms with Crippen molar-refractivity contribution in [2.75, 3.05) is 25.4 Å². The third kappa shape index (κ3) is 6.34. The number of amides is 1. The first-order chi connectivity index (χ1) is 15.6. The van der Waals surface area contributed by atoms with Gasteiger partial charge in [-0.2, -0.15) is 4.98 Å². The summed E-state index contributed by atoms with van der Waals surface area (Å²) >= 11 is 7.62. The number of piperidine rings is 1. The quantitative estimate of drug-likeness (QED) is 0.376. The Morgan fingerprint density at radius 1 is 1.16 bits per heavy atom. The van der Waals surface area contributed by atoms with Crippen molar-refractivity contribution in [2.45, 2.75) is 31.2 Å². The zero-order chi connectivity index (χ0) is 22.3. The van der Waals surface area contributed by atoms with Crippen LogP contribution in [0, 0.1) is 12.8 Å². The molecule has 1 fully saturated rings. The Labute approximate surface area is 197 Å². The number of halogens is 1. The summed E-state index contributed by atoms with van der Waals surface area (Å²) in [5.41, 5.74) is 2.15.